The molecule has 0 aromatic heterocycles. The predicted molar refractivity (Wildman–Crippen MR) is 122 cm³/mol. The van der Waals surface area contributed by atoms with Crippen molar-refractivity contribution in [2.45, 2.75) is 39.3 Å². The number of aliphatic hydroxyl groups excluding tert-OH is 1. The standard InChI is InChI=1S/C24H26BrNO5/c1-5-12-26-21(15-6-9-17(10-7-15)31-14(2)3)20(23(28)24(26)29)22(27)16-8-11-19(30-4)18(25)13-16/h6-11,13-14,21,27H,5,12H2,1-4H3/b22-20-. The molecule has 1 aliphatic heterocycles. The highest BCUT2D eigenvalue weighted by Crippen LogP contribution is 2.40. The molecule has 0 spiro atoms. The molecule has 2 aromatic rings. The summed E-state index contributed by atoms with van der Waals surface area (Å²) in [4.78, 5) is 27.2. The monoisotopic (exact) mass is 487 g/mol. The third-order valence-electron chi connectivity index (χ3n) is 5.00. The van der Waals surface area contributed by atoms with Gasteiger partial charge in [0.25, 0.3) is 11.7 Å². The van der Waals surface area contributed by atoms with Crippen LogP contribution in [0, 0.1) is 0 Å². The molecule has 1 amide bonds. The zero-order valence-corrected chi connectivity index (χ0v) is 19.6. The van der Waals surface area contributed by atoms with Crippen molar-refractivity contribution < 1.29 is 24.2 Å². The third kappa shape index (κ3) is 4.61. The van der Waals surface area contributed by atoms with Crippen molar-refractivity contribution in [2.75, 3.05) is 13.7 Å². The molecule has 1 unspecified atom stereocenters. The molecule has 1 saturated heterocycles. The molecule has 0 bridgehead atoms. The first-order valence-electron chi connectivity index (χ1n) is 10.2. The van der Waals surface area contributed by atoms with E-state index in [0.29, 0.717) is 34.5 Å². The van der Waals surface area contributed by atoms with Crippen molar-refractivity contribution in [2.24, 2.45) is 0 Å². The number of carbonyl (C=O) groups is 2. The van der Waals surface area contributed by atoms with E-state index in [9.17, 15) is 14.7 Å². The summed E-state index contributed by atoms with van der Waals surface area (Å²) in [6.07, 6.45) is 0.719. The SMILES string of the molecule is CCCN1C(=O)C(=O)/C(=C(\O)c2ccc(OC)c(Br)c2)C1c1ccc(OC(C)C)cc1. The third-order valence-corrected chi connectivity index (χ3v) is 5.62. The number of nitrogens with zero attached hydrogens (tertiary/aromatic N) is 1. The number of rotatable bonds is 7. The summed E-state index contributed by atoms with van der Waals surface area (Å²) in [6.45, 7) is 6.23. The van der Waals surface area contributed by atoms with Gasteiger partial charge in [-0.2, -0.15) is 0 Å². The molecule has 2 aromatic carbocycles. The van der Waals surface area contributed by atoms with E-state index in [-0.39, 0.29) is 17.4 Å². The highest BCUT2D eigenvalue weighted by molar-refractivity contribution is 9.10. The second kappa shape index (κ2) is 9.56. The van der Waals surface area contributed by atoms with Crippen molar-refractivity contribution in [1.29, 1.82) is 0 Å². The van der Waals surface area contributed by atoms with Gasteiger partial charge in [0.15, 0.2) is 0 Å². The van der Waals surface area contributed by atoms with E-state index in [1.54, 1.807) is 25.3 Å². The van der Waals surface area contributed by atoms with E-state index < -0.39 is 17.7 Å². The number of halogens is 1. The van der Waals surface area contributed by atoms with Crippen LogP contribution >= 0.6 is 15.9 Å². The van der Waals surface area contributed by atoms with Crippen molar-refractivity contribution >= 4 is 33.4 Å². The average molecular weight is 488 g/mol. The number of hydrogen-bond donors (Lipinski definition) is 1. The fourth-order valence-corrected chi connectivity index (χ4v) is 4.21. The van der Waals surface area contributed by atoms with E-state index in [2.05, 4.69) is 15.9 Å². The molecule has 1 N–H and O–H groups in total. The maximum atomic E-state index is 12.9. The van der Waals surface area contributed by atoms with Gasteiger partial charge in [-0.1, -0.05) is 19.1 Å². The summed E-state index contributed by atoms with van der Waals surface area (Å²) in [7, 11) is 1.54. The Morgan fingerprint density at radius 1 is 1.16 bits per heavy atom. The summed E-state index contributed by atoms with van der Waals surface area (Å²) in [5, 5.41) is 11.1. The molecule has 7 heteroatoms. The van der Waals surface area contributed by atoms with E-state index in [1.165, 1.54) is 4.90 Å². The van der Waals surface area contributed by atoms with Gasteiger partial charge in [-0.25, -0.2) is 0 Å². The maximum Gasteiger partial charge on any atom is 0.295 e. The minimum Gasteiger partial charge on any atom is -0.507 e. The summed E-state index contributed by atoms with van der Waals surface area (Å²) in [5.74, 6) is -0.216. The largest absolute Gasteiger partial charge is 0.507 e. The molecule has 164 valence electrons. The van der Waals surface area contributed by atoms with Gasteiger partial charge in [0.1, 0.15) is 17.3 Å². The Balaban J connectivity index is 2.11. The summed E-state index contributed by atoms with van der Waals surface area (Å²) >= 11 is 3.40. The molecule has 1 atom stereocenters. The van der Waals surface area contributed by atoms with Crippen LogP contribution in [0.15, 0.2) is 52.5 Å². The topological polar surface area (TPSA) is 76.1 Å². The van der Waals surface area contributed by atoms with Crippen LogP contribution in [0.4, 0.5) is 0 Å². The van der Waals surface area contributed by atoms with Gasteiger partial charge in [0, 0.05) is 12.1 Å². The van der Waals surface area contributed by atoms with Gasteiger partial charge in [-0.3, -0.25) is 9.59 Å². The van der Waals surface area contributed by atoms with E-state index in [0.717, 1.165) is 5.56 Å². The Morgan fingerprint density at radius 2 is 1.84 bits per heavy atom. The fourth-order valence-electron chi connectivity index (χ4n) is 3.67. The van der Waals surface area contributed by atoms with E-state index in [4.69, 9.17) is 9.47 Å². The predicted octanol–water partition coefficient (Wildman–Crippen LogP) is 5.08. The normalized spacial score (nSPS) is 18.0. The first kappa shape index (κ1) is 22.9. The Kier molecular flexibility index (Phi) is 7.05. The number of likely N-dealkylation sites (tertiary alicyclic amines) is 1. The highest BCUT2D eigenvalue weighted by Gasteiger charge is 2.45. The number of aliphatic hydroxyl groups is 1. The first-order valence-corrected chi connectivity index (χ1v) is 11.0. The van der Waals surface area contributed by atoms with Crippen LogP contribution in [-0.4, -0.2) is 41.5 Å². The van der Waals surface area contributed by atoms with Gasteiger partial charge < -0.3 is 19.5 Å². The molecule has 3 rings (SSSR count). The average Bonchev–Trinajstić information content (AvgIpc) is 2.98. The number of hydrogen-bond acceptors (Lipinski definition) is 5. The quantitative estimate of drug-likeness (QED) is 0.334. The van der Waals surface area contributed by atoms with Crippen LogP contribution in [0.2, 0.25) is 0 Å². The lowest BCUT2D eigenvalue weighted by atomic mass is 9.95. The van der Waals surface area contributed by atoms with Gasteiger partial charge in [-0.15, -0.1) is 0 Å². The summed E-state index contributed by atoms with van der Waals surface area (Å²) < 4.78 is 11.6. The Bertz CT molecular complexity index is 1010. The molecule has 0 aliphatic carbocycles. The minimum absolute atomic E-state index is 0.0325. The minimum atomic E-state index is -0.689. The number of ketones is 1. The molecule has 6 nitrogen and oxygen atoms in total. The van der Waals surface area contributed by atoms with Gasteiger partial charge in [0.2, 0.25) is 0 Å². The molecule has 0 radical (unpaired) electrons. The lowest BCUT2D eigenvalue weighted by Crippen LogP contribution is -2.30. The number of amides is 1. The Morgan fingerprint density at radius 3 is 2.39 bits per heavy atom. The molecule has 1 fully saturated rings. The molecule has 1 aliphatic rings. The van der Waals surface area contributed by atoms with Crippen LogP contribution in [0.5, 0.6) is 11.5 Å². The Labute approximate surface area is 190 Å². The van der Waals surface area contributed by atoms with Crippen LogP contribution < -0.4 is 9.47 Å². The van der Waals surface area contributed by atoms with E-state index in [1.807, 2.05) is 45.0 Å². The molecular weight excluding hydrogens is 462 g/mol. The van der Waals surface area contributed by atoms with Gasteiger partial charge >= 0.3 is 0 Å². The zero-order valence-electron chi connectivity index (χ0n) is 18.0. The summed E-state index contributed by atoms with van der Waals surface area (Å²) in [6, 6.07) is 11.6. The molecule has 1 heterocycles. The molecule has 31 heavy (non-hydrogen) atoms. The van der Waals surface area contributed by atoms with Crippen LogP contribution in [-0.2, 0) is 9.59 Å². The number of ether oxygens (including phenoxy) is 2. The second-order valence-electron chi connectivity index (χ2n) is 7.58. The van der Waals surface area contributed by atoms with Gasteiger partial charge in [-0.05, 0) is 72.1 Å². The van der Waals surface area contributed by atoms with E-state index >= 15 is 0 Å². The lowest BCUT2D eigenvalue weighted by Gasteiger charge is -2.25. The number of benzene rings is 2. The first-order chi connectivity index (χ1) is 14.8. The second-order valence-corrected chi connectivity index (χ2v) is 8.43. The van der Waals surface area contributed by atoms with Crippen molar-refractivity contribution in [3.63, 3.8) is 0 Å². The fraction of sp³-hybridized carbons (Fsp3) is 0.333. The molecule has 0 saturated carbocycles. The smallest absolute Gasteiger partial charge is 0.295 e. The number of carbonyl (C=O) groups excluding carboxylic acids is 2. The number of methoxy groups -OCH3 is 1. The van der Waals surface area contributed by atoms with Crippen LogP contribution in [0.25, 0.3) is 5.76 Å². The Hall–Kier alpha value is -2.80. The van der Waals surface area contributed by atoms with Crippen molar-refractivity contribution in [3.8, 4) is 11.5 Å². The van der Waals surface area contributed by atoms with Crippen molar-refractivity contribution in [3.05, 3.63) is 63.6 Å². The number of Topliss-reactive ketones (excluding diaryl/α,β-unsaturated/α-hetero) is 1. The molecular formula is C24H26BrNO5. The lowest BCUT2D eigenvalue weighted by molar-refractivity contribution is -0.139. The van der Waals surface area contributed by atoms with Crippen molar-refractivity contribution in [1.82, 2.24) is 4.90 Å². The maximum absolute atomic E-state index is 12.9. The van der Waals surface area contributed by atoms with Gasteiger partial charge in [0.05, 0.1) is 29.3 Å². The van der Waals surface area contributed by atoms with Crippen LogP contribution in [0.3, 0.4) is 0 Å². The summed E-state index contributed by atoms with van der Waals surface area (Å²) in [5.41, 5.74) is 1.23. The highest BCUT2D eigenvalue weighted by atomic mass is 79.9. The zero-order chi connectivity index (χ0) is 22.7. The van der Waals surface area contributed by atoms with Crippen LogP contribution in [0.1, 0.15) is 44.4 Å².